The first-order valence-corrected chi connectivity index (χ1v) is 3.94. The van der Waals surface area contributed by atoms with Crippen LogP contribution in [-0.4, -0.2) is 28.6 Å². The summed E-state index contributed by atoms with van der Waals surface area (Å²) in [7, 11) is 0. The highest BCUT2D eigenvalue weighted by molar-refractivity contribution is 6.06. The minimum atomic E-state index is -1.16. The van der Waals surface area contributed by atoms with Crippen LogP contribution in [0.4, 0.5) is 16.3 Å². The Morgan fingerprint density at radius 3 is 3.14 bits per heavy atom. The number of hydrogen-bond donors (Lipinski definition) is 2. The Morgan fingerprint density at radius 1 is 1.64 bits per heavy atom. The zero-order valence-corrected chi connectivity index (χ0v) is 7.10. The summed E-state index contributed by atoms with van der Waals surface area (Å²) < 4.78 is 0. The molecule has 1 aromatic heterocycles. The Morgan fingerprint density at radius 2 is 2.43 bits per heavy atom. The van der Waals surface area contributed by atoms with Crippen LogP contribution in [0.2, 0.25) is 0 Å². The highest BCUT2D eigenvalue weighted by Crippen LogP contribution is 2.26. The van der Waals surface area contributed by atoms with E-state index in [4.69, 9.17) is 5.11 Å². The number of hydrogen-bond acceptors (Lipinski definition) is 3. The first-order chi connectivity index (χ1) is 6.68. The Hall–Kier alpha value is -2.11. The number of nitrogens with zero attached hydrogens (tertiary/aromatic N) is 2. The van der Waals surface area contributed by atoms with Gasteiger partial charge in [0, 0.05) is 6.20 Å². The summed E-state index contributed by atoms with van der Waals surface area (Å²) in [6.07, 6.45) is 0.332. The first kappa shape index (κ1) is 8.49. The van der Waals surface area contributed by atoms with Crippen LogP contribution >= 0.6 is 0 Å². The van der Waals surface area contributed by atoms with Gasteiger partial charge in [-0.2, -0.15) is 0 Å². The first-order valence-electron chi connectivity index (χ1n) is 3.94. The Balaban J connectivity index is 2.48. The topological polar surface area (TPSA) is 82.5 Å². The van der Waals surface area contributed by atoms with E-state index in [0.29, 0.717) is 5.69 Å². The molecule has 1 aliphatic heterocycles. The maximum Gasteiger partial charge on any atom is 0.412 e. The summed E-state index contributed by atoms with van der Waals surface area (Å²) in [6.45, 7) is -0.186. The monoisotopic (exact) mass is 193 g/mol. The number of fused-ring (bicyclic) bond motifs is 1. The molecule has 0 saturated heterocycles. The highest BCUT2D eigenvalue weighted by atomic mass is 16.4. The molecule has 0 saturated carbocycles. The molecule has 2 N–H and O–H groups in total. The van der Waals surface area contributed by atoms with Crippen LogP contribution in [0.3, 0.4) is 0 Å². The quantitative estimate of drug-likeness (QED) is 0.629. The zero-order valence-electron chi connectivity index (χ0n) is 7.10. The van der Waals surface area contributed by atoms with Crippen LogP contribution < -0.4 is 10.2 Å². The number of rotatable bonds is 0. The molecule has 0 unspecified atom stereocenters. The molecule has 0 bridgehead atoms. The third-order valence-corrected chi connectivity index (χ3v) is 1.87. The standard InChI is InChI=1S/C8H7N3O3/c12-6-4-11(8(13)14)5-2-1-3-9-7(5)10-6/h1-3H,4H2,(H,13,14)(H,9,10,12). The number of carbonyl (C=O) groups excluding carboxylic acids is 1. The predicted octanol–water partition coefficient (Wildman–Crippen LogP) is 0.518. The summed E-state index contributed by atoms with van der Waals surface area (Å²) in [5.74, 6) is -0.0928. The van der Waals surface area contributed by atoms with Crippen LogP contribution in [0.15, 0.2) is 18.3 Å². The molecule has 0 aliphatic carbocycles. The van der Waals surface area contributed by atoms with Gasteiger partial charge in [-0.15, -0.1) is 0 Å². The maximum absolute atomic E-state index is 11.1. The van der Waals surface area contributed by atoms with Crippen LogP contribution in [0.25, 0.3) is 0 Å². The third-order valence-electron chi connectivity index (χ3n) is 1.87. The van der Waals surface area contributed by atoms with Gasteiger partial charge in [0.1, 0.15) is 6.54 Å². The van der Waals surface area contributed by atoms with E-state index in [1.807, 2.05) is 0 Å². The molecular formula is C8H7N3O3. The van der Waals surface area contributed by atoms with E-state index < -0.39 is 6.09 Å². The summed E-state index contributed by atoms with van der Waals surface area (Å²) in [6, 6.07) is 3.21. The number of amides is 2. The van der Waals surface area contributed by atoms with Crippen molar-refractivity contribution in [1.82, 2.24) is 4.98 Å². The van der Waals surface area contributed by atoms with Crippen LogP contribution in [0, 0.1) is 0 Å². The van der Waals surface area contributed by atoms with Crippen LogP contribution in [0.1, 0.15) is 0 Å². The summed E-state index contributed by atoms with van der Waals surface area (Å²) >= 11 is 0. The number of nitrogens with one attached hydrogen (secondary N) is 1. The summed E-state index contributed by atoms with van der Waals surface area (Å²) in [4.78, 5) is 26.7. The van der Waals surface area contributed by atoms with Crippen molar-refractivity contribution in [1.29, 1.82) is 0 Å². The lowest BCUT2D eigenvalue weighted by atomic mass is 10.3. The van der Waals surface area contributed by atoms with Crippen LogP contribution in [-0.2, 0) is 4.79 Å². The number of aromatic nitrogens is 1. The van der Waals surface area contributed by atoms with Crippen molar-refractivity contribution in [2.24, 2.45) is 0 Å². The lowest BCUT2D eigenvalue weighted by Gasteiger charge is -2.25. The molecule has 2 rings (SSSR count). The summed E-state index contributed by atoms with van der Waals surface area (Å²) in [5, 5.41) is 11.3. The van der Waals surface area contributed by atoms with Crippen molar-refractivity contribution in [3.63, 3.8) is 0 Å². The Bertz CT molecular complexity index is 405. The summed E-state index contributed by atoms with van der Waals surface area (Å²) in [5.41, 5.74) is 0.402. The average Bonchev–Trinajstić information content (AvgIpc) is 2.16. The van der Waals surface area contributed by atoms with Gasteiger partial charge in [-0.05, 0) is 12.1 Å². The molecule has 72 valence electrons. The second kappa shape index (κ2) is 2.99. The van der Waals surface area contributed by atoms with E-state index in [0.717, 1.165) is 4.90 Å². The van der Waals surface area contributed by atoms with E-state index in [1.54, 1.807) is 12.1 Å². The molecular weight excluding hydrogens is 186 g/mol. The molecule has 0 fully saturated rings. The fraction of sp³-hybridized carbons (Fsp3) is 0.125. The van der Waals surface area contributed by atoms with Crippen molar-refractivity contribution in [3.8, 4) is 0 Å². The second-order valence-electron chi connectivity index (χ2n) is 2.79. The van der Waals surface area contributed by atoms with E-state index in [9.17, 15) is 9.59 Å². The largest absolute Gasteiger partial charge is 0.465 e. The molecule has 6 nitrogen and oxygen atoms in total. The minimum absolute atomic E-state index is 0.186. The van der Waals surface area contributed by atoms with Gasteiger partial charge in [-0.3, -0.25) is 9.69 Å². The minimum Gasteiger partial charge on any atom is -0.465 e. The second-order valence-corrected chi connectivity index (χ2v) is 2.79. The van der Waals surface area contributed by atoms with E-state index >= 15 is 0 Å². The number of pyridine rings is 1. The van der Waals surface area contributed by atoms with Crippen molar-refractivity contribution in [2.75, 3.05) is 16.8 Å². The molecule has 2 amide bonds. The molecule has 0 atom stereocenters. The van der Waals surface area contributed by atoms with E-state index in [-0.39, 0.29) is 18.3 Å². The van der Waals surface area contributed by atoms with Crippen molar-refractivity contribution < 1.29 is 14.7 Å². The molecule has 0 radical (unpaired) electrons. The molecule has 14 heavy (non-hydrogen) atoms. The van der Waals surface area contributed by atoms with Crippen molar-refractivity contribution in [2.45, 2.75) is 0 Å². The van der Waals surface area contributed by atoms with Gasteiger partial charge in [0.05, 0.1) is 5.69 Å². The predicted molar refractivity (Wildman–Crippen MR) is 48.2 cm³/mol. The smallest absolute Gasteiger partial charge is 0.412 e. The van der Waals surface area contributed by atoms with Gasteiger partial charge in [0.2, 0.25) is 5.91 Å². The van der Waals surface area contributed by atoms with E-state index in [2.05, 4.69) is 10.3 Å². The average molecular weight is 193 g/mol. The van der Waals surface area contributed by atoms with Crippen molar-refractivity contribution >= 4 is 23.5 Å². The zero-order chi connectivity index (χ0) is 10.1. The van der Waals surface area contributed by atoms with Gasteiger partial charge in [0.15, 0.2) is 5.82 Å². The fourth-order valence-corrected chi connectivity index (χ4v) is 1.28. The molecule has 6 heteroatoms. The molecule has 0 spiro atoms. The number of carbonyl (C=O) groups is 2. The molecule has 1 aromatic rings. The molecule has 1 aliphatic rings. The van der Waals surface area contributed by atoms with Gasteiger partial charge in [-0.1, -0.05) is 0 Å². The molecule has 0 aromatic carbocycles. The lowest BCUT2D eigenvalue weighted by molar-refractivity contribution is -0.115. The van der Waals surface area contributed by atoms with Crippen molar-refractivity contribution in [3.05, 3.63) is 18.3 Å². The lowest BCUT2D eigenvalue weighted by Crippen LogP contribution is -2.41. The number of anilines is 2. The number of carboxylic acid groups (broad SMARTS) is 1. The van der Waals surface area contributed by atoms with Gasteiger partial charge in [-0.25, -0.2) is 9.78 Å². The van der Waals surface area contributed by atoms with Crippen LogP contribution in [0.5, 0.6) is 0 Å². The maximum atomic E-state index is 11.1. The third kappa shape index (κ3) is 1.26. The Kier molecular flexibility index (Phi) is 1.81. The Labute approximate surface area is 79.2 Å². The highest BCUT2D eigenvalue weighted by Gasteiger charge is 2.26. The molecule has 2 heterocycles. The normalized spacial score (nSPS) is 14.6. The van der Waals surface area contributed by atoms with E-state index in [1.165, 1.54) is 6.20 Å². The SMILES string of the molecule is O=C1CN(C(=O)O)c2cccnc2N1. The van der Waals surface area contributed by atoms with Gasteiger partial charge >= 0.3 is 6.09 Å². The fourth-order valence-electron chi connectivity index (χ4n) is 1.28. The van der Waals surface area contributed by atoms with Gasteiger partial charge in [0.25, 0.3) is 0 Å². The van der Waals surface area contributed by atoms with Gasteiger partial charge < -0.3 is 10.4 Å².